The van der Waals surface area contributed by atoms with E-state index in [0.717, 1.165) is 0 Å². The molecule has 1 saturated heterocycles. The zero-order chi connectivity index (χ0) is 26.9. The molecule has 1 fully saturated rings. The molecule has 0 aromatic heterocycles. The van der Waals surface area contributed by atoms with Crippen molar-refractivity contribution in [1.82, 2.24) is 9.62 Å². The number of hydrogen-bond acceptors (Lipinski definition) is 7. The van der Waals surface area contributed by atoms with E-state index in [4.69, 9.17) is 12.2 Å². The predicted molar refractivity (Wildman–Crippen MR) is 137 cm³/mol. The van der Waals surface area contributed by atoms with E-state index in [0.29, 0.717) is 30.4 Å². The van der Waals surface area contributed by atoms with Crippen LogP contribution >= 0.6 is 12.2 Å². The lowest BCUT2D eigenvalue weighted by atomic mass is 9.95. The van der Waals surface area contributed by atoms with Crippen molar-refractivity contribution in [3.05, 3.63) is 53.0 Å². The van der Waals surface area contributed by atoms with Crippen molar-refractivity contribution >= 4 is 32.8 Å². The van der Waals surface area contributed by atoms with E-state index in [1.165, 1.54) is 34.6 Å². The average Bonchev–Trinajstić information content (AvgIpc) is 2.82. The summed E-state index contributed by atoms with van der Waals surface area (Å²) in [7, 11) is -3.83. The summed E-state index contributed by atoms with van der Waals surface area (Å²) < 4.78 is 67.9. The normalized spacial score (nSPS) is 21.9. The number of anilines is 1. The Labute approximate surface area is 215 Å². The quantitative estimate of drug-likeness (QED) is 0.431. The Morgan fingerprint density at radius 3 is 2.33 bits per heavy atom. The molecule has 2 unspecified atom stereocenters. The largest absolute Gasteiger partial charge is 0.421 e. The van der Waals surface area contributed by atoms with Crippen LogP contribution in [0, 0.1) is 0 Å². The third-order valence-electron chi connectivity index (χ3n) is 6.55. The zero-order valence-electron chi connectivity index (χ0n) is 20.4. The van der Waals surface area contributed by atoms with E-state index in [1.54, 1.807) is 26.0 Å². The number of piperazine rings is 1. The van der Waals surface area contributed by atoms with Crippen molar-refractivity contribution in [3.8, 4) is 0 Å². The summed E-state index contributed by atoms with van der Waals surface area (Å²) in [4.78, 5) is 2.38. The van der Waals surface area contributed by atoms with E-state index in [2.05, 4.69) is 5.32 Å². The number of nitrogens with zero attached hydrogens (tertiary/aromatic N) is 2. The van der Waals surface area contributed by atoms with E-state index in [-0.39, 0.29) is 42.8 Å². The molecule has 1 heterocycles. The molecule has 1 aromatic rings. The van der Waals surface area contributed by atoms with Crippen LogP contribution in [-0.2, 0) is 15.6 Å². The van der Waals surface area contributed by atoms with Crippen LogP contribution in [-0.4, -0.2) is 78.3 Å². The molecule has 1 aromatic carbocycles. The fourth-order valence-corrected chi connectivity index (χ4v) is 6.11. The Hall–Kier alpha value is -1.83. The number of halogens is 3. The lowest BCUT2D eigenvalue weighted by Gasteiger charge is -2.43. The van der Waals surface area contributed by atoms with Gasteiger partial charge in [0.25, 0.3) is 0 Å². The standard InChI is InChI=1S/C24H32F3N3O4S2/c1-22(2,16-31)28-14-19-15-29(36(33,34)21-7-5-4-6-20(21)35)12-13-30(19)18-10-8-17(9-11-18)23(3,32)24(25,26)27/h4-5,7-11,19,28,31-32H,6,12-16H2,1-3H3. The lowest BCUT2D eigenvalue weighted by Crippen LogP contribution is -2.60. The maximum atomic E-state index is 13.4. The first-order valence-corrected chi connectivity index (χ1v) is 13.4. The summed E-state index contributed by atoms with van der Waals surface area (Å²) in [6, 6.07) is 5.06. The predicted octanol–water partition coefficient (Wildman–Crippen LogP) is 2.85. The molecule has 0 amide bonds. The van der Waals surface area contributed by atoms with E-state index < -0.39 is 27.3 Å². The van der Waals surface area contributed by atoms with Gasteiger partial charge in [0, 0.05) is 48.7 Å². The third kappa shape index (κ3) is 6.00. The number of benzene rings is 1. The van der Waals surface area contributed by atoms with Gasteiger partial charge >= 0.3 is 6.18 Å². The number of nitrogens with one attached hydrogen (secondary N) is 1. The number of aliphatic hydroxyl groups excluding tert-OH is 1. The fourth-order valence-electron chi connectivity index (χ4n) is 4.04. The Bertz CT molecular complexity index is 1130. The highest BCUT2D eigenvalue weighted by Gasteiger charge is 2.51. The van der Waals surface area contributed by atoms with Crippen molar-refractivity contribution in [1.29, 1.82) is 0 Å². The Morgan fingerprint density at radius 1 is 1.14 bits per heavy atom. The molecule has 7 nitrogen and oxygen atoms in total. The smallest absolute Gasteiger partial charge is 0.394 e. The summed E-state index contributed by atoms with van der Waals surface area (Å²) in [6.07, 6.45) is 0.507. The lowest BCUT2D eigenvalue weighted by molar-refractivity contribution is -0.258. The van der Waals surface area contributed by atoms with Crippen LogP contribution in [0.5, 0.6) is 0 Å². The maximum Gasteiger partial charge on any atom is 0.421 e. The highest BCUT2D eigenvalue weighted by Crippen LogP contribution is 2.39. The second kappa shape index (κ2) is 10.5. The topological polar surface area (TPSA) is 93.1 Å². The van der Waals surface area contributed by atoms with Gasteiger partial charge in [-0.2, -0.15) is 17.5 Å². The second-order valence-corrected chi connectivity index (χ2v) is 12.2. The van der Waals surface area contributed by atoms with Gasteiger partial charge in [0.2, 0.25) is 10.0 Å². The first-order chi connectivity index (χ1) is 16.6. The van der Waals surface area contributed by atoms with Crippen LogP contribution < -0.4 is 10.2 Å². The summed E-state index contributed by atoms with van der Waals surface area (Å²) >= 11 is 5.28. The number of alkyl halides is 3. The number of aliphatic hydroxyl groups is 2. The van der Waals surface area contributed by atoms with Gasteiger partial charge < -0.3 is 20.4 Å². The highest BCUT2D eigenvalue weighted by molar-refractivity contribution is 7.96. The Balaban J connectivity index is 1.88. The van der Waals surface area contributed by atoms with Crippen LogP contribution in [0.15, 0.2) is 47.4 Å². The van der Waals surface area contributed by atoms with Crippen molar-refractivity contribution in [3.63, 3.8) is 0 Å². The van der Waals surface area contributed by atoms with E-state index in [9.17, 15) is 31.8 Å². The Kier molecular flexibility index (Phi) is 8.38. The second-order valence-electron chi connectivity index (χ2n) is 9.84. The summed E-state index contributed by atoms with van der Waals surface area (Å²) in [5.41, 5.74) is -3.31. The fraction of sp³-hybridized carbons (Fsp3) is 0.542. The molecule has 0 spiro atoms. The molecular formula is C24H32F3N3O4S2. The van der Waals surface area contributed by atoms with Crippen molar-refractivity contribution in [2.75, 3.05) is 37.7 Å². The van der Waals surface area contributed by atoms with Gasteiger partial charge in [-0.05, 0) is 44.5 Å². The average molecular weight is 548 g/mol. The molecule has 0 radical (unpaired) electrons. The number of allylic oxidation sites excluding steroid dienone is 4. The maximum absolute atomic E-state index is 13.4. The Morgan fingerprint density at radius 2 is 1.78 bits per heavy atom. The number of sulfonamides is 1. The number of hydrogen-bond donors (Lipinski definition) is 3. The van der Waals surface area contributed by atoms with Crippen molar-refractivity contribution in [2.24, 2.45) is 0 Å². The molecule has 12 heteroatoms. The van der Waals surface area contributed by atoms with Crippen LogP contribution in [0.2, 0.25) is 0 Å². The van der Waals surface area contributed by atoms with Gasteiger partial charge in [0.1, 0.15) is 0 Å². The molecule has 3 rings (SSSR count). The molecular weight excluding hydrogens is 515 g/mol. The molecule has 200 valence electrons. The molecule has 0 saturated carbocycles. The number of thiocarbonyl (C=S) groups is 1. The first-order valence-electron chi connectivity index (χ1n) is 11.5. The summed E-state index contributed by atoms with van der Waals surface area (Å²) in [5, 5.41) is 22.9. The van der Waals surface area contributed by atoms with Gasteiger partial charge in [0.15, 0.2) is 5.60 Å². The minimum atomic E-state index is -4.83. The molecule has 36 heavy (non-hydrogen) atoms. The van der Waals surface area contributed by atoms with Crippen molar-refractivity contribution in [2.45, 2.75) is 50.6 Å². The van der Waals surface area contributed by atoms with E-state index in [1.807, 2.05) is 4.90 Å². The van der Waals surface area contributed by atoms with Crippen LogP contribution in [0.4, 0.5) is 18.9 Å². The third-order valence-corrected chi connectivity index (χ3v) is 9.02. The molecule has 3 N–H and O–H groups in total. The molecule has 2 aliphatic rings. The van der Waals surface area contributed by atoms with Crippen LogP contribution in [0.3, 0.4) is 0 Å². The van der Waals surface area contributed by atoms with Gasteiger partial charge in [-0.1, -0.05) is 36.5 Å². The molecule has 1 aliphatic heterocycles. The zero-order valence-corrected chi connectivity index (χ0v) is 22.1. The summed E-state index contributed by atoms with van der Waals surface area (Å²) in [5.74, 6) is 0. The first kappa shape index (κ1) is 28.7. The molecule has 0 bridgehead atoms. The molecule has 1 aliphatic carbocycles. The minimum Gasteiger partial charge on any atom is -0.394 e. The minimum absolute atomic E-state index is 0.106. The van der Waals surface area contributed by atoms with Gasteiger partial charge in [-0.3, -0.25) is 0 Å². The summed E-state index contributed by atoms with van der Waals surface area (Å²) in [6.45, 7) is 5.05. The monoisotopic (exact) mass is 547 g/mol. The SMILES string of the molecule is CC(C)(CO)NCC1CN(S(=O)(=O)C2=CC=CCC2=S)CCN1c1ccc(C(C)(O)C(F)(F)F)cc1. The molecule has 2 atom stereocenters. The van der Waals surface area contributed by atoms with E-state index >= 15 is 0 Å². The van der Waals surface area contributed by atoms with Crippen LogP contribution in [0.1, 0.15) is 32.8 Å². The van der Waals surface area contributed by atoms with Crippen molar-refractivity contribution < 1.29 is 31.8 Å². The highest BCUT2D eigenvalue weighted by atomic mass is 32.2. The van der Waals surface area contributed by atoms with Gasteiger partial charge in [0.05, 0.1) is 17.6 Å². The van der Waals surface area contributed by atoms with Gasteiger partial charge in [-0.25, -0.2) is 8.42 Å². The van der Waals surface area contributed by atoms with Crippen LogP contribution in [0.25, 0.3) is 0 Å². The van der Waals surface area contributed by atoms with Gasteiger partial charge in [-0.15, -0.1) is 0 Å². The number of rotatable bonds is 8.